The summed E-state index contributed by atoms with van der Waals surface area (Å²) in [6, 6.07) is 10.5. The highest BCUT2D eigenvalue weighted by molar-refractivity contribution is 8.00. The van der Waals surface area contributed by atoms with E-state index in [1.54, 1.807) is 24.5 Å². The van der Waals surface area contributed by atoms with Crippen LogP contribution in [0.4, 0.5) is 5.69 Å². The monoisotopic (exact) mass is 343 g/mol. The van der Waals surface area contributed by atoms with E-state index in [1.807, 2.05) is 17.0 Å². The van der Waals surface area contributed by atoms with Crippen LogP contribution in [0.15, 0.2) is 53.7 Å². The first-order valence-electron chi connectivity index (χ1n) is 7.69. The molecule has 0 spiro atoms. The Balaban J connectivity index is 1.58. The normalized spacial score (nSPS) is 13.5. The van der Waals surface area contributed by atoms with Crippen LogP contribution < -0.4 is 0 Å². The minimum absolute atomic E-state index is 0.0583. The number of aromatic nitrogens is 1. The van der Waals surface area contributed by atoms with Crippen molar-refractivity contribution in [1.29, 1.82) is 0 Å². The van der Waals surface area contributed by atoms with Gasteiger partial charge in [-0.1, -0.05) is 0 Å². The molecule has 6 nitrogen and oxygen atoms in total. The zero-order chi connectivity index (χ0) is 16.9. The number of pyridine rings is 1. The van der Waals surface area contributed by atoms with Crippen molar-refractivity contribution >= 4 is 23.4 Å². The predicted molar refractivity (Wildman–Crippen MR) is 91.6 cm³/mol. The molecule has 24 heavy (non-hydrogen) atoms. The van der Waals surface area contributed by atoms with Crippen LogP contribution in [0.3, 0.4) is 0 Å². The van der Waals surface area contributed by atoms with E-state index in [1.165, 1.54) is 23.9 Å². The van der Waals surface area contributed by atoms with E-state index in [2.05, 4.69) is 4.98 Å². The molecule has 1 saturated carbocycles. The maximum absolute atomic E-state index is 12.6. The van der Waals surface area contributed by atoms with Crippen LogP contribution in [-0.4, -0.2) is 32.5 Å². The zero-order valence-corrected chi connectivity index (χ0v) is 13.8. The van der Waals surface area contributed by atoms with Gasteiger partial charge in [0.15, 0.2) is 0 Å². The van der Waals surface area contributed by atoms with E-state index >= 15 is 0 Å². The molecule has 0 N–H and O–H groups in total. The van der Waals surface area contributed by atoms with Gasteiger partial charge in [0.2, 0.25) is 5.91 Å². The summed E-state index contributed by atoms with van der Waals surface area (Å²) in [7, 11) is 0. The van der Waals surface area contributed by atoms with E-state index in [-0.39, 0.29) is 11.6 Å². The topological polar surface area (TPSA) is 76.3 Å². The van der Waals surface area contributed by atoms with Gasteiger partial charge >= 0.3 is 0 Å². The average molecular weight is 343 g/mol. The van der Waals surface area contributed by atoms with Crippen LogP contribution in [0.25, 0.3) is 0 Å². The van der Waals surface area contributed by atoms with Crippen LogP contribution in [0.5, 0.6) is 0 Å². The van der Waals surface area contributed by atoms with E-state index < -0.39 is 4.92 Å². The van der Waals surface area contributed by atoms with Crippen LogP contribution in [0.2, 0.25) is 0 Å². The number of rotatable bonds is 7. The van der Waals surface area contributed by atoms with Crippen molar-refractivity contribution in [3.8, 4) is 0 Å². The summed E-state index contributed by atoms with van der Waals surface area (Å²) in [5, 5.41) is 10.7. The van der Waals surface area contributed by atoms with Crippen molar-refractivity contribution in [2.45, 2.75) is 30.3 Å². The van der Waals surface area contributed by atoms with Gasteiger partial charge in [-0.3, -0.25) is 19.9 Å². The van der Waals surface area contributed by atoms with Crippen molar-refractivity contribution in [2.24, 2.45) is 0 Å². The molecule has 1 aliphatic carbocycles. The SMILES string of the molecule is O=C(CSc1ccc([N+](=O)[O-])cc1)N(Cc1ccncc1)C1CC1. The van der Waals surface area contributed by atoms with Crippen LogP contribution >= 0.6 is 11.8 Å². The second-order valence-corrected chi connectivity index (χ2v) is 6.70. The Morgan fingerprint density at radius 1 is 1.21 bits per heavy atom. The van der Waals surface area contributed by atoms with Gasteiger partial charge in [0.25, 0.3) is 5.69 Å². The summed E-state index contributed by atoms with van der Waals surface area (Å²) >= 11 is 1.41. The zero-order valence-electron chi connectivity index (χ0n) is 13.0. The largest absolute Gasteiger partial charge is 0.335 e. The maximum Gasteiger partial charge on any atom is 0.269 e. The Kier molecular flexibility index (Phi) is 5.10. The molecular formula is C17H17N3O3S. The van der Waals surface area contributed by atoms with Gasteiger partial charge in [0.1, 0.15) is 0 Å². The summed E-state index contributed by atoms with van der Waals surface area (Å²) < 4.78 is 0. The molecule has 0 unspecified atom stereocenters. The van der Waals surface area contributed by atoms with Crippen molar-refractivity contribution in [2.75, 3.05) is 5.75 Å². The van der Waals surface area contributed by atoms with Crippen molar-refractivity contribution in [3.05, 3.63) is 64.5 Å². The predicted octanol–water partition coefficient (Wildman–Crippen LogP) is 3.27. The molecule has 0 atom stereocenters. The number of carbonyl (C=O) groups excluding carboxylic acids is 1. The van der Waals surface area contributed by atoms with Gasteiger partial charge in [-0.05, 0) is 42.7 Å². The van der Waals surface area contributed by atoms with Crippen molar-refractivity contribution in [1.82, 2.24) is 9.88 Å². The minimum atomic E-state index is -0.427. The molecule has 0 bridgehead atoms. The Labute approximate surface area is 144 Å². The van der Waals surface area contributed by atoms with E-state index in [0.717, 1.165) is 23.3 Å². The third-order valence-electron chi connectivity index (χ3n) is 3.82. The lowest BCUT2D eigenvalue weighted by atomic mass is 10.2. The lowest BCUT2D eigenvalue weighted by Gasteiger charge is -2.22. The Bertz CT molecular complexity index is 718. The number of non-ortho nitro benzene ring substituents is 1. The first-order chi connectivity index (χ1) is 11.6. The molecule has 7 heteroatoms. The molecule has 0 radical (unpaired) electrons. The molecule has 1 aliphatic rings. The number of amides is 1. The number of nitro groups is 1. The summed E-state index contributed by atoms with van der Waals surface area (Å²) in [4.78, 5) is 29.6. The van der Waals surface area contributed by atoms with Gasteiger partial charge in [-0.15, -0.1) is 11.8 Å². The van der Waals surface area contributed by atoms with Crippen molar-refractivity contribution < 1.29 is 9.72 Å². The van der Waals surface area contributed by atoms with Gasteiger partial charge in [-0.2, -0.15) is 0 Å². The smallest absolute Gasteiger partial charge is 0.269 e. The highest BCUT2D eigenvalue weighted by Crippen LogP contribution is 2.30. The number of carbonyl (C=O) groups is 1. The minimum Gasteiger partial charge on any atom is -0.335 e. The van der Waals surface area contributed by atoms with Crippen LogP contribution in [-0.2, 0) is 11.3 Å². The van der Waals surface area contributed by atoms with Gasteiger partial charge in [0, 0.05) is 42.0 Å². The van der Waals surface area contributed by atoms with Crippen molar-refractivity contribution in [3.63, 3.8) is 0 Å². The number of nitro benzene ring substituents is 1. The standard InChI is InChI=1S/C17H17N3O3S/c21-17(12-24-16-5-3-15(4-6-16)20(22)23)19(14-1-2-14)11-13-7-9-18-10-8-13/h3-10,14H,1-2,11-12H2. The molecule has 1 aromatic carbocycles. The third kappa shape index (κ3) is 4.32. The molecule has 1 heterocycles. The van der Waals surface area contributed by atoms with Crippen LogP contribution in [0, 0.1) is 10.1 Å². The van der Waals surface area contributed by atoms with Gasteiger partial charge < -0.3 is 4.90 Å². The Morgan fingerprint density at radius 3 is 2.46 bits per heavy atom. The Morgan fingerprint density at radius 2 is 1.88 bits per heavy atom. The first-order valence-corrected chi connectivity index (χ1v) is 8.67. The molecule has 124 valence electrons. The fourth-order valence-electron chi connectivity index (χ4n) is 2.38. The average Bonchev–Trinajstić information content (AvgIpc) is 3.44. The number of hydrogen-bond donors (Lipinski definition) is 0. The summed E-state index contributed by atoms with van der Waals surface area (Å²) in [6.07, 6.45) is 5.57. The summed E-state index contributed by atoms with van der Waals surface area (Å²) in [5.41, 5.74) is 1.13. The number of nitrogens with zero attached hydrogens (tertiary/aromatic N) is 3. The molecule has 3 rings (SSSR count). The second-order valence-electron chi connectivity index (χ2n) is 5.65. The molecule has 1 amide bonds. The summed E-state index contributed by atoms with van der Waals surface area (Å²) in [5.74, 6) is 0.428. The maximum atomic E-state index is 12.6. The van der Waals surface area contributed by atoms with Gasteiger partial charge in [-0.25, -0.2) is 0 Å². The lowest BCUT2D eigenvalue weighted by Crippen LogP contribution is -2.33. The quantitative estimate of drug-likeness (QED) is 0.438. The number of hydrogen-bond acceptors (Lipinski definition) is 5. The molecule has 0 saturated heterocycles. The Hall–Kier alpha value is -2.41. The molecular weight excluding hydrogens is 326 g/mol. The molecule has 1 fully saturated rings. The summed E-state index contributed by atoms with van der Waals surface area (Å²) in [6.45, 7) is 0.604. The highest BCUT2D eigenvalue weighted by Gasteiger charge is 2.32. The van der Waals surface area contributed by atoms with E-state index in [0.29, 0.717) is 18.3 Å². The molecule has 2 aromatic rings. The lowest BCUT2D eigenvalue weighted by molar-refractivity contribution is -0.384. The first kappa shape index (κ1) is 16.4. The second kappa shape index (κ2) is 7.44. The molecule has 0 aliphatic heterocycles. The van der Waals surface area contributed by atoms with Crippen LogP contribution in [0.1, 0.15) is 18.4 Å². The highest BCUT2D eigenvalue weighted by atomic mass is 32.2. The fourth-order valence-corrected chi connectivity index (χ4v) is 3.17. The number of thioether (sulfide) groups is 1. The van der Waals surface area contributed by atoms with Gasteiger partial charge in [0.05, 0.1) is 10.7 Å². The third-order valence-corrected chi connectivity index (χ3v) is 4.82. The van der Waals surface area contributed by atoms with E-state index in [4.69, 9.17) is 0 Å². The number of benzene rings is 1. The van der Waals surface area contributed by atoms with E-state index in [9.17, 15) is 14.9 Å². The fraction of sp³-hybridized carbons (Fsp3) is 0.294. The molecule has 1 aromatic heterocycles.